The molecule has 0 radical (unpaired) electrons. The Balaban J connectivity index is 0.00000180. The number of nitrogens with one attached hydrogen (secondary N) is 5. The van der Waals surface area contributed by atoms with Crippen molar-refractivity contribution in [1.82, 2.24) is 29.9 Å². The smallest absolute Gasteiger partial charge is 0.260 e. The number of aromatic amines is 2. The summed E-state index contributed by atoms with van der Waals surface area (Å²) in [6, 6.07) is 11.8. The minimum atomic E-state index is -0.905. The molecule has 2 aromatic carbocycles. The summed E-state index contributed by atoms with van der Waals surface area (Å²) in [4.78, 5) is 56.7. The molecule has 0 unspecified atom stereocenters. The maximum atomic E-state index is 15.0. The van der Waals surface area contributed by atoms with E-state index in [9.17, 15) is 9.59 Å². The summed E-state index contributed by atoms with van der Waals surface area (Å²) in [6.07, 6.45) is 4.65. The van der Waals surface area contributed by atoms with Crippen LogP contribution in [0.2, 0.25) is 0 Å². The summed E-state index contributed by atoms with van der Waals surface area (Å²) in [6.45, 7) is 6.04. The fraction of sp³-hybridized carbons (Fsp3) is 0.207. The van der Waals surface area contributed by atoms with Crippen LogP contribution in [0.25, 0.3) is 11.2 Å². The molecule has 5 N–H and O–H groups in total. The molecule has 13 nitrogen and oxygen atoms in total. The van der Waals surface area contributed by atoms with E-state index in [1.807, 2.05) is 20.8 Å². The van der Waals surface area contributed by atoms with Gasteiger partial charge in [0.25, 0.3) is 5.91 Å². The van der Waals surface area contributed by atoms with Gasteiger partial charge in [-0.1, -0.05) is 45.0 Å². The van der Waals surface area contributed by atoms with Gasteiger partial charge in [-0.15, -0.1) is 0 Å². The lowest BCUT2D eigenvalue weighted by Gasteiger charge is -2.33. The summed E-state index contributed by atoms with van der Waals surface area (Å²) < 4.78 is 15.0. The predicted octanol–water partition coefficient (Wildman–Crippen LogP) is 4.55. The van der Waals surface area contributed by atoms with Gasteiger partial charge in [-0.05, 0) is 30.7 Å². The van der Waals surface area contributed by atoms with Crippen molar-refractivity contribution in [2.24, 2.45) is 4.99 Å². The number of benzene rings is 2. The first-order chi connectivity index (χ1) is 21.0. The molecule has 3 aromatic heterocycles. The van der Waals surface area contributed by atoms with Crippen molar-refractivity contribution in [1.29, 1.82) is 0 Å². The van der Waals surface area contributed by atoms with Crippen molar-refractivity contribution in [3.05, 3.63) is 84.6 Å². The number of anilines is 4. The highest BCUT2D eigenvalue weighted by Crippen LogP contribution is 2.29. The second kappa shape index (κ2) is 12.9. The Morgan fingerprint density at radius 1 is 0.977 bits per heavy atom. The van der Waals surface area contributed by atoms with Crippen molar-refractivity contribution in [3.63, 3.8) is 0 Å². The zero-order valence-electron chi connectivity index (χ0n) is 23.7. The Kier molecular flexibility index (Phi) is 8.65. The molecule has 1 aliphatic heterocycles. The normalized spacial score (nSPS) is 12.6. The third-order valence-electron chi connectivity index (χ3n) is 6.53. The van der Waals surface area contributed by atoms with Crippen molar-refractivity contribution in [3.8, 4) is 0 Å². The highest BCUT2D eigenvalue weighted by atomic mass is 19.1. The lowest BCUT2D eigenvalue weighted by Crippen LogP contribution is -2.49. The second-order valence-corrected chi connectivity index (χ2v) is 9.01. The third-order valence-corrected chi connectivity index (χ3v) is 6.53. The average Bonchev–Trinajstić information content (AvgIpc) is 3.71. The number of hydrogen-bond acceptors (Lipinski definition) is 9. The van der Waals surface area contributed by atoms with Gasteiger partial charge < -0.3 is 25.9 Å². The van der Waals surface area contributed by atoms with Gasteiger partial charge in [0.05, 0.1) is 23.9 Å². The van der Waals surface area contributed by atoms with Gasteiger partial charge in [-0.3, -0.25) is 14.5 Å². The van der Waals surface area contributed by atoms with E-state index < -0.39 is 23.7 Å². The number of amidine groups is 1. The first kappa shape index (κ1) is 28.9. The molecule has 5 aromatic rings. The predicted molar refractivity (Wildman–Crippen MR) is 163 cm³/mol. The van der Waals surface area contributed by atoms with Crippen LogP contribution in [0.1, 0.15) is 43.2 Å². The van der Waals surface area contributed by atoms with Crippen molar-refractivity contribution >= 4 is 51.8 Å². The Labute approximate surface area is 246 Å². The summed E-state index contributed by atoms with van der Waals surface area (Å²) in [5.41, 5.74) is 1.67. The third kappa shape index (κ3) is 5.75. The molecular formula is C29H30FN11O2. The van der Waals surface area contributed by atoms with E-state index in [0.717, 1.165) is 0 Å². The number of hydrogen-bond donors (Lipinski definition) is 5. The zero-order chi connectivity index (χ0) is 30.3. The van der Waals surface area contributed by atoms with Gasteiger partial charge in [0.15, 0.2) is 23.1 Å². The van der Waals surface area contributed by atoms with Crippen LogP contribution < -0.4 is 20.9 Å². The Morgan fingerprint density at radius 3 is 2.56 bits per heavy atom. The van der Waals surface area contributed by atoms with Crippen LogP contribution in [0.15, 0.2) is 72.5 Å². The minimum absolute atomic E-state index is 0.0192. The number of H-pyrrole nitrogens is 2. The van der Waals surface area contributed by atoms with Crippen LogP contribution in [0, 0.1) is 5.82 Å². The van der Waals surface area contributed by atoms with Gasteiger partial charge in [0.1, 0.15) is 36.1 Å². The fourth-order valence-corrected chi connectivity index (χ4v) is 4.67. The molecular weight excluding hydrogens is 553 g/mol. The lowest BCUT2D eigenvalue weighted by molar-refractivity contribution is -0.117. The number of carbonyl (C=O) groups excluding carboxylic acids is 2. The van der Waals surface area contributed by atoms with Crippen LogP contribution in [-0.2, 0) is 4.79 Å². The van der Waals surface area contributed by atoms with E-state index in [-0.39, 0.29) is 17.9 Å². The van der Waals surface area contributed by atoms with E-state index in [2.05, 4.69) is 50.8 Å². The molecule has 220 valence electrons. The number of carbonyl (C=O) groups is 2. The Hall–Kier alpha value is -5.66. The van der Waals surface area contributed by atoms with Crippen molar-refractivity contribution in [2.75, 3.05) is 27.5 Å². The number of fused-ring (bicyclic) bond motifs is 2. The summed E-state index contributed by atoms with van der Waals surface area (Å²) >= 11 is 0. The molecule has 1 atom stereocenters. The van der Waals surface area contributed by atoms with E-state index in [0.29, 0.717) is 46.4 Å². The van der Waals surface area contributed by atoms with Crippen LogP contribution in [0.3, 0.4) is 0 Å². The quantitative estimate of drug-likeness (QED) is 0.186. The van der Waals surface area contributed by atoms with Gasteiger partial charge in [0, 0.05) is 5.69 Å². The second-order valence-electron chi connectivity index (χ2n) is 9.01. The number of nitrogens with zero attached hydrogens (tertiary/aromatic N) is 6. The lowest BCUT2D eigenvalue weighted by atomic mass is 10.1. The van der Waals surface area contributed by atoms with Crippen LogP contribution in [0.4, 0.5) is 27.4 Å². The van der Waals surface area contributed by atoms with Gasteiger partial charge in [-0.25, -0.2) is 29.3 Å². The molecule has 14 heteroatoms. The number of rotatable bonds is 7. The highest BCUT2D eigenvalue weighted by molar-refractivity contribution is 6.18. The van der Waals surface area contributed by atoms with Gasteiger partial charge >= 0.3 is 0 Å². The van der Waals surface area contributed by atoms with Gasteiger partial charge in [-0.2, -0.15) is 0 Å². The highest BCUT2D eigenvalue weighted by Gasteiger charge is 2.35. The van der Waals surface area contributed by atoms with E-state index in [4.69, 9.17) is 0 Å². The molecule has 6 rings (SSSR count). The number of halogens is 1. The number of aromatic nitrogens is 6. The Morgan fingerprint density at radius 2 is 1.77 bits per heavy atom. The molecule has 43 heavy (non-hydrogen) atoms. The number of amides is 2. The maximum absolute atomic E-state index is 15.0. The van der Waals surface area contributed by atoms with E-state index in [1.54, 1.807) is 35.2 Å². The molecule has 0 saturated carbocycles. The van der Waals surface area contributed by atoms with E-state index >= 15 is 4.39 Å². The molecule has 0 saturated heterocycles. The summed E-state index contributed by atoms with van der Waals surface area (Å²) in [5.74, 6) is -0.656. The van der Waals surface area contributed by atoms with Crippen LogP contribution >= 0.6 is 0 Å². The van der Waals surface area contributed by atoms with E-state index in [1.165, 1.54) is 37.2 Å². The number of aliphatic imine (C=N–C) groups is 1. The van der Waals surface area contributed by atoms with Crippen molar-refractivity contribution in [2.45, 2.75) is 33.2 Å². The number of imidazole rings is 2. The topological polar surface area (TPSA) is 169 Å². The zero-order valence-corrected chi connectivity index (χ0v) is 23.7. The Bertz CT molecular complexity index is 1770. The minimum Gasteiger partial charge on any atom is -0.349 e. The molecule has 2 amide bonds. The summed E-state index contributed by atoms with van der Waals surface area (Å²) in [5, 5.41) is 8.53. The number of para-hydroxylation sites is 1. The largest absolute Gasteiger partial charge is 0.349 e. The fourth-order valence-electron chi connectivity index (χ4n) is 4.67. The molecule has 4 heterocycles. The van der Waals surface area contributed by atoms with Crippen molar-refractivity contribution < 1.29 is 14.0 Å². The molecule has 0 aliphatic carbocycles. The molecule has 0 spiro atoms. The molecule has 0 fully saturated rings. The van der Waals surface area contributed by atoms with Crippen LogP contribution in [0.5, 0.6) is 0 Å². The molecule has 0 bridgehead atoms. The first-order valence-electron chi connectivity index (χ1n) is 13.8. The summed E-state index contributed by atoms with van der Waals surface area (Å²) in [7, 11) is 0. The SMILES string of the molecule is CC.CC[C@@H](C(=O)Nc1cccc(F)c1C(=O)Nc1ccccc1)N(C1=NCNc2nc[nH]c21)c1ncnc2nc[nH]c12. The standard InChI is InChI=1S/C27H24FN11O2.C2H6/c1-2-18(26(40)38-17-10-6-9-16(28)19(17)27(41)37-15-7-4-3-5-8-15)39(24-20-22(31-11-29-20)33-13-35-24)25-21-23(32-12-30-21)34-14-36-25;1-2/h3-13,18,34H,2,14H2,1H3,(H,30,32)(H,37,41)(H,38,40)(H,29,31,33,35);1-2H3/t18-;/m0./s1. The average molecular weight is 584 g/mol. The monoisotopic (exact) mass is 583 g/mol. The first-order valence-corrected chi connectivity index (χ1v) is 13.8. The molecule has 1 aliphatic rings. The maximum Gasteiger partial charge on any atom is 0.260 e. The van der Waals surface area contributed by atoms with Crippen LogP contribution in [-0.4, -0.2) is 60.3 Å². The van der Waals surface area contributed by atoms with Gasteiger partial charge in [0.2, 0.25) is 5.91 Å².